The largest absolute Gasteiger partial charge is 0.323 e. The first-order valence-electron chi connectivity index (χ1n) is 8.30. The number of rotatable bonds is 3. The molecule has 0 aliphatic carbocycles. The molecule has 2 amide bonds. The zero-order valence-electron chi connectivity index (χ0n) is 13.8. The third-order valence-corrected chi connectivity index (χ3v) is 5.41. The molecule has 7 heteroatoms. The molecule has 0 unspecified atom stereocenters. The molecular formula is C18H19N5OS. The summed E-state index contributed by atoms with van der Waals surface area (Å²) in [6.45, 7) is 4.14. The fraction of sp³-hybridized carbons (Fsp3) is 0.278. The summed E-state index contributed by atoms with van der Waals surface area (Å²) < 4.78 is 1.33. The van der Waals surface area contributed by atoms with Gasteiger partial charge in [0.05, 0.1) is 6.20 Å². The first kappa shape index (κ1) is 16.0. The van der Waals surface area contributed by atoms with Gasteiger partial charge in [-0.15, -0.1) is 11.3 Å². The van der Waals surface area contributed by atoms with Gasteiger partial charge in [-0.25, -0.2) is 9.78 Å². The van der Waals surface area contributed by atoms with Crippen LogP contribution in [0, 0.1) is 0 Å². The minimum absolute atomic E-state index is 0.109. The summed E-state index contributed by atoms with van der Waals surface area (Å²) in [4.78, 5) is 25.9. The Hall–Kier alpha value is -2.51. The molecule has 1 aliphatic heterocycles. The average molecular weight is 353 g/mol. The Labute approximate surface area is 150 Å². The Morgan fingerprint density at radius 3 is 2.76 bits per heavy atom. The summed E-state index contributed by atoms with van der Waals surface area (Å²) >= 11 is 1.85. The minimum atomic E-state index is -0.109. The molecule has 3 aromatic rings. The number of piperazine rings is 1. The summed E-state index contributed by atoms with van der Waals surface area (Å²) in [5, 5.41) is 4.10. The van der Waals surface area contributed by atoms with Crippen LogP contribution in [0.25, 0.3) is 10.1 Å². The summed E-state index contributed by atoms with van der Waals surface area (Å²) in [5.74, 6) is 0.486. The second kappa shape index (κ2) is 7.16. The van der Waals surface area contributed by atoms with Crippen LogP contribution in [0.2, 0.25) is 0 Å². The summed E-state index contributed by atoms with van der Waals surface area (Å²) in [6.07, 6.45) is 4.70. The first-order chi connectivity index (χ1) is 12.3. The lowest BCUT2D eigenvalue weighted by atomic mass is 10.2. The Bertz CT molecular complexity index is 825. The van der Waals surface area contributed by atoms with Gasteiger partial charge in [0, 0.05) is 54.7 Å². The van der Waals surface area contributed by atoms with Gasteiger partial charge in [0.2, 0.25) is 0 Å². The second-order valence-electron chi connectivity index (χ2n) is 6.03. The molecule has 1 saturated heterocycles. The lowest BCUT2D eigenvalue weighted by Gasteiger charge is -2.34. The van der Waals surface area contributed by atoms with E-state index in [0.717, 1.165) is 32.7 Å². The highest BCUT2D eigenvalue weighted by molar-refractivity contribution is 7.19. The van der Waals surface area contributed by atoms with Crippen molar-refractivity contribution in [3.05, 3.63) is 53.8 Å². The van der Waals surface area contributed by atoms with E-state index in [2.05, 4.69) is 50.5 Å². The Kier molecular flexibility index (Phi) is 4.58. The number of hydrogen-bond acceptors (Lipinski definition) is 5. The highest BCUT2D eigenvalue weighted by atomic mass is 32.1. The number of carbonyl (C=O) groups is 1. The summed E-state index contributed by atoms with van der Waals surface area (Å²) in [6, 6.07) is 10.6. The van der Waals surface area contributed by atoms with E-state index in [4.69, 9.17) is 0 Å². The fourth-order valence-corrected chi connectivity index (χ4v) is 4.10. The molecule has 1 fully saturated rings. The molecular weight excluding hydrogens is 334 g/mol. The number of benzene rings is 1. The van der Waals surface area contributed by atoms with Crippen molar-refractivity contribution >= 4 is 33.3 Å². The number of fused-ring (bicyclic) bond motifs is 1. The van der Waals surface area contributed by atoms with Gasteiger partial charge in [0.1, 0.15) is 0 Å². The molecule has 0 bridgehead atoms. The smallest absolute Gasteiger partial charge is 0.322 e. The lowest BCUT2D eigenvalue weighted by molar-refractivity contribution is 0.143. The molecule has 0 radical (unpaired) electrons. The van der Waals surface area contributed by atoms with Gasteiger partial charge < -0.3 is 4.90 Å². The van der Waals surface area contributed by atoms with Crippen LogP contribution in [-0.4, -0.2) is 52.0 Å². The van der Waals surface area contributed by atoms with Gasteiger partial charge in [0.25, 0.3) is 0 Å². The maximum atomic E-state index is 12.3. The number of anilines is 1. The van der Waals surface area contributed by atoms with E-state index in [1.165, 1.54) is 15.0 Å². The van der Waals surface area contributed by atoms with Crippen LogP contribution in [0.3, 0.4) is 0 Å². The van der Waals surface area contributed by atoms with Gasteiger partial charge in [-0.05, 0) is 17.5 Å². The number of hydrogen-bond donors (Lipinski definition) is 1. The SMILES string of the molecule is O=C(Nc1cnccn1)N1CCN(Cc2cc3ccccc3s2)CC1. The number of thiophene rings is 1. The van der Waals surface area contributed by atoms with Crippen LogP contribution >= 0.6 is 11.3 Å². The van der Waals surface area contributed by atoms with Crippen molar-refractivity contribution in [2.45, 2.75) is 6.54 Å². The molecule has 3 heterocycles. The number of carbonyl (C=O) groups excluding carboxylic acids is 1. The highest BCUT2D eigenvalue weighted by Crippen LogP contribution is 2.26. The van der Waals surface area contributed by atoms with Crippen molar-refractivity contribution in [2.75, 3.05) is 31.5 Å². The minimum Gasteiger partial charge on any atom is -0.322 e. The van der Waals surface area contributed by atoms with Crippen LogP contribution in [-0.2, 0) is 6.54 Å². The Morgan fingerprint density at radius 2 is 2.00 bits per heavy atom. The van der Waals surface area contributed by atoms with Crippen LogP contribution in [0.1, 0.15) is 4.88 Å². The van der Waals surface area contributed by atoms with E-state index >= 15 is 0 Å². The Morgan fingerprint density at radius 1 is 1.16 bits per heavy atom. The normalized spacial score (nSPS) is 15.4. The average Bonchev–Trinajstić information content (AvgIpc) is 3.05. The number of nitrogens with zero attached hydrogens (tertiary/aromatic N) is 4. The monoisotopic (exact) mass is 353 g/mol. The van der Waals surface area contributed by atoms with Crippen molar-refractivity contribution in [3.63, 3.8) is 0 Å². The predicted octanol–water partition coefficient (Wildman–Crippen LogP) is 3.04. The van der Waals surface area contributed by atoms with Crippen molar-refractivity contribution in [3.8, 4) is 0 Å². The molecule has 1 aliphatic rings. The van der Waals surface area contributed by atoms with E-state index in [-0.39, 0.29) is 6.03 Å². The lowest BCUT2D eigenvalue weighted by Crippen LogP contribution is -2.49. The van der Waals surface area contributed by atoms with Crippen molar-refractivity contribution in [1.82, 2.24) is 19.8 Å². The van der Waals surface area contributed by atoms with Gasteiger partial charge in [-0.3, -0.25) is 15.2 Å². The van der Waals surface area contributed by atoms with E-state index in [1.807, 2.05) is 16.2 Å². The van der Waals surface area contributed by atoms with E-state index in [0.29, 0.717) is 5.82 Å². The summed E-state index contributed by atoms with van der Waals surface area (Å²) in [5.41, 5.74) is 0. The highest BCUT2D eigenvalue weighted by Gasteiger charge is 2.21. The number of urea groups is 1. The first-order valence-corrected chi connectivity index (χ1v) is 9.11. The molecule has 1 aromatic carbocycles. The quantitative estimate of drug-likeness (QED) is 0.786. The van der Waals surface area contributed by atoms with Crippen molar-refractivity contribution < 1.29 is 4.79 Å². The molecule has 0 spiro atoms. The van der Waals surface area contributed by atoms with Crippen LogP contribution < -0.4 is 5.32 Å². The second-order valence-corrected chi connectivity index (χ2v) is 7.20. The maximum Gasteiger partial charge on any atom is 0.323 e. The zero-order chi connectivity index (χ0) is 17.1. The van der Waals surface area contributed by atoms with E-state index in [9.17, 15) is 4.79 Å². The number of amides is 2. The molecule has 25 heavy (non-hydrogen) atoms. The fourth-order valence-electron chi connectivity index (χ4n) is 3.00. The summed E-state index contributed by atoms with van der Waals surface area (Å²) in [7, 11) is 0. The zero-order valence-corrected chi connectivity index (χ0v) is 14.6. The molecule has 2 aromatic heterocycles. The van der Waals surface area contributed by atoms with Gasteiger partial charge in [0.15, 0.2) is 5.82 Å². The van der Waals surface area contributed by atoms with Crippen LogP contribution in [0.4, 0.5) is 10.6 Å². The molecule has 4 rings (SSSR count). The van der Waals surface area contributed by atoms with E-state index < -0.39 is 0 Å². The maximum absolute atomic E-state index is 12.3. The van der Waals surface area contributed by atoms with Crippen molar-refractivity contribution in [1.29, 1.82) is 0 Å². The van der Waals surface area contributed by atoms with Gasteiger partial charge in [-0.1, -0.05) is 18.2 Å². The van der Waals surface area contributed by atoms with Crippen LogP contribution in [0.5, 0.6) is 0 Å². The molecule has 6 nitrogen and oxygen atoms in total. The topological polar surface area (TPSA) is 61.4 Å². The third-order valence-electron chi connectivity index (χ3n) is 4.31. The molecule has 128 valence electrons. The van der Waals surface area contributed by atoms with Crippen LogP contribution in [0.15, 0.2) is 48.9 Å². The molecule has 0 saturated carbocycles. The standard InChI is InChI=1S/C18H19N5OS/c24-18(21-17-12-19-5-6-20-17)23-9-7-22(8-10-23)13-15-11-14-3-1-2-4-16(14)25-15/h1-6,11-12H,7-10,13H2,(H,20,21,24). The number of aromatic nitrogens is 2. The van der Waals surface area contributed by atoms with Gasteiger partial charge >= 0.3 is 6.03 Å². The Balaban J connectivity index is 1.31. The van der Waals surface area contributed by atoms with Gasteiger partial charge in [-0.2, -0.15) is 0 Å². The predicted molar refractivity (Wildman–Crippen MR) is 99.7 cm³/mol. The molecule has 0 atom stereocenters. The molecule has 1 N–H and O–H groups in total. The van der Waals surface area contributed by atoms with Crippen molar-refractivity contribution in [2.24, 2.45) is 0 Å². The third kappa shape index (κ3) is 3.78. The van der Waals surface area contributed by atoms with E-state index in [1.54, 1.807) is 18.6 Å². The number of nitrogens with one attached hydrogen (secondary N) is 1.